The van der Waals surface area contributed by atoms with Gasteiger partial charge in [0.05, 0.1) is 0 Å². The predicted molar refractivity (Wildman–Crippen MR) is 113 cm³/mol. The maximum absolute atomic E-state index is 12.6. The lowest BCUT2D eigenvalue weighted by molar-refractivity contribution is -0.166. The van der Waals surface area contributed by atoms with Crippen molar-refractivity contribution in [1.82, 2.24) is 9.55 Å². The van der Waals surface area contributed by atoms with E-state index in [1.165, 1.54) is 13.1 Å². The smallest absolute Gasteiger partial charge is 0.330 e. The molecule has 1 aliphatic heterocycles. The number of ether oxygens (including phenoxy) is 4. The molecule has 0 amide bonds. The van der Waals surface area contributed by atoms with E-state index in [0.717, 1.165) is 18.4 Å². The number of carbonyl (C=O) groups excluding carboxylic acids is 3. The van der Waals surface area contributed by atoms with Crippen LogP contribution in [-0.4, -0.2) is 60.5 Å². The Morgan fingerprint density at radius 1 is 1.06 bits per heavy atom. The number of esters is 3. The van der Waals surface area contributed by atoms with E-state index in [0.29, 0.717) is 0 Å². The molecule has 1 N–H and O–H groups in total. The first kappa shape index (κ1) is 25.1. The molecule has 0 spiro atoms. The summed E-state index contributed by atoms with van der Waals surface area (Å²) in [6.45, 7) is 9.13. The lowest BCUT2D eigenvalue weighted by Gasteiger charge is -2.23. The van der Waals surface area contributed by atoms with E-state index in [1.807, 2.05) is 19.6 Å². The van der Waals surface area contributed by atoms with E-state index in [2.05, 4.69) is 16.4 Å². The zero-order valence-electron chi connectivity index (χ0n) is 18.7. The van der Waals surface area contributed by atoms with Gasteiger partial charge in [0.25, 0.3) is 5.56 Å². The van der Waals surface area contributed by atoms with Crippen LogP contribution in [0.2, 0.25) is 19.6 Å². The Labute approximate surface area is 185 Å². The molecule has 0 aromatic carbocycles. The van der Waals surface area contributed by atoms with Gasteiger partial charge in [0.1, 0.15) is 26.3 Å². The topological polar surface area (TPSA) is 143 Å². The number of H-pyrrole nitrogens is 1. The molecule has 4 atom stereocenters. The maximum Gasteiger partial charge on any atom is 0.330 e. The zero-order chi connectivity index (χ0) is 24.2. The lowest BCUT2D eigenvalue weighted by Crippen LogP contribution is -2.42. The molecule has 1 fully saturated rings. The molecular formula is C20H26N2O9Si. The van der Waals surface area contributed by atoms with Gasteiger partial charge >= 0.3 is 23.6 Å². The minimum absolute atomic E-state index is 0.0182. The van der Waals surface area contributed by atoms with Crippen LogP contribution in [0.15, 0.2) is 15.8 Å². The Bertz CT molecular complexity index is 1070. The van der Waals surface area contributed by atoms with Crippen LogP contribution < -0.4 is 11.2 Å². The van der Waals surface area contributed by atoms with Crippen molar-refractivity contribution in [2.24, 2.45) is 0 Å². The second kappa shape index (κ2) is 9.97. The van der Waals surface area contributed by atoms with Crippen LogP contribution in [0.5, 0.6) is 0 Å². The average molecular weight is 467 g/mol. The molecule has 32 heavy (non-hydrogen) atoms. The van der Waals surface area contributed by atoms with Crippen molar-refractivity contribution >= 4 is 26.0 Å². The summed E-state index contributed by atoms with van der Waals surface area (Å²) in [7, 11) is -1.83. The Morgan fingerprint density at radius 3 is 2.19 bits per heavy atom. The molecule has 0 aliphatic carbocycles. The van der Waals surface area contributed by atoms with Crippen molar-refractivity contribution in [3.05, 3.63) is 32.6 Å². The number of carbonyl (C=O) groups is 3. The lowest BCUT2D eigenvalue weighted by atomic mass is 10.1. The van der Waals surface area contributed by atoms with Gasteiger partial charge in [-0.1, -0.05) is 25.6 Å². The minimum atomic E-state index is -1.83. The van der Waals surface area contributed by atoms with E-state index >= 15 is 0 Å². The predicted octanol–water partition coefficient (Wildman–Crippen LogP) is 0.0894. The van der Waals surface area contributed by atoms with E-state index in [9.17, 15) is 24.0 Å². The molecule has 0 saturated carbocycles. The van der Waals surface area contributed by atoms with Crippen molar-refractivity contribution in [2.75, 3.05) is 6.61 Å². The first-order valence-corrected chi connectivity index (χ1v) is 13.3. The highest BCUT2D eigenvalue weighted by Gasteiger charge is 2.51. The Balaban J connectivity index is 2.56. The molecular weight excluding hydrogens is 440 g/mol. The third-order valence-electron chi connectivity index (χ3n) is 4.15. The molecule has 2 heterocycles. The van der Waals surface area contributed by atoms with Crippen LogP contribution >= 0.6 is 0 Å². The SMILES string of the molecule is CC(=O)OC[C@H]1O[C@@H](n2cc(C#C[Si](C)(C)C)c(=O)[nH]c2=O)[C@@H](OC(C)=O)[C@@H]1OC(C)=O. The normalized spacial score (nSPS) is 22.4. The molecule has 174 valence electrons. The second-order valence-corrected chi connectivity index (χ2v) is 13.0. The molecule has 1 aromatic heterocycles. The van der Waals surface area contributed by atoms with E-state index < -0.39 is 61.8 Å². The fourth-order valence-corrected chi connectivity index (χ4v) is 3.44. The number of hydrogen-bond donors (Lipinski definition) is 1. The molecule has 1 aliphatic rings. The molecule has 0 radical (unpaired) electrons. The summed E-state index contributed by atoms with van der Waals surface area (Å²) in [5.74, 6) is 0.768. The van der Waals surface area contributed by atoms with Gasteiger partial charge in [0.2, 0.25) is 0 Å². The highest BCUT2D eigenvalue weighted by atomic mass is 28.3. The van der Waals surface area contributed by atoms with Crippen molar-refractivity contribution in [3.63, 3.8) is 0 Å². The summed E-state index contributed by atoms with van der Waals surface area (Å²) >= 11 is 0. The second-order valence-electron chi connectivity index (χ2n) is 8.23. The monoisotopic (exact) mass is 466 g/mol. The fraction of sp³-hybridized carbons (Fsp3) is 0.550. The van der Waals surface area contributed by atoms with Gasteiger partial charge < -0.3 is 18.9 Å². The van der Waals surface area contributed by atoms with Gasteiger partial charge in [-0.3, -0.25) is 28.7 Å². The van der Waals surface area contributed by atoms with E-state index in [-0.39, 0.29) is 12.2 Å². The Kier molecular flexibility index (Phi) is 7.81. The summed E-state index contributed by atoms with van der Waals surface area (Å²) in [5, 5.41) is 0. The highest BCUT2D eigenvalue weighted by molar-refractivity contribution is 6.83. The molecule has 2 rings (SSSR count). The van der Waals surface area contributed by atoms with Crippen LogP contribution in [0, 0.1) is 11.5 Å². The summed E-state index contributed by atoms with van der Waals surface area (Å²) in [6.07, 6.45) is -3.53. The van der Waals surface area contributed by atoms with Gasteiger partial charge in [-0.15, -0.1) is 5.54 Å². The summed E-state index contributed by atoms with van der Waals surface area (Å²) < 4.78 is 22.4. The number of aromatic amines is 1. The molecule has 0 bridgehead atoms. The fourth-order valence-electron chi connectivity index (χ4n) is 2.93. The maximum atomic E-state index is 12.6. The molecule has 1 saturated heterocycles. The first-order valence-electron chi connectivity index (χ1n) is 9.80. The van der Waals surface area contributed by atoms with Gasteiger partial charge in [-0.2, -0.15) is 0 Å². The number of rotatable bonds is 5. The van der Waals surface area contributed by atoms with Crippen LogP contribution in [0.4, 0.5) is 0 Å². The standard InChI is InChI=1S/C20H26N2O9Si/c1-11(23)28-10-15-16(29-12(2)24)17(30-13(3)25)19(31-15)22-9-14(7-8-32(4,5)6)18(26)21-20(22)27/h9,15-17,19H,10H2,1-6H3,(H,21,26,27)/t15-,16-,17+,19-/m1/s1. The van der Waals surface area contributed by atoms with Gasteiger partial charge in [0.15, 0.2) is 18.4 Å². The average Bonchev–Trinajstić information content (AvgIpc) is 2.94. The molecule has 12 heteroatoms. The number of hydrogen-bond acceptors (Lipinski definition) is 9. The van der Waals surface area contributed by atoms with Gasteiger partial charge in [-0.25, -0.2) is 4.79 Å². The quantitative estimate of drug-likeness (QED) is 0.276. The first-order chi connectivity index (χ1) is 14.8. The Morgan fingerprint density at radius 2 is 1.66 bits per heavy atom. The van der Waals surface area contributed by atoms with Crippen molar-refractivity contribution in [2.45, 2.75) is 65.0 Å². The van der Waals surface area contributed by atoms with E-state index in [1.54, 1.807) is 0 Å². The van der Waals surface area contributed by atoms with Crippen molar-refractivity contribution in [3.8, 4) is 11.5 Å². The molecule has 1 aromatic rings. The van der Waals surface area contributed by atoms with E-state index in [4.69, 9.17) is 18.9 Å². The van der Waals surface area contributed by atoms with Crippen molar-refractivity contribution in [1.29, 1.82) is 0 Å². The third kappa shape index (κ3) is 6.66. The summed E-state index contributed by atoms with van der Waals surface area (Å²) in [5.41, 5.74) is 1.54. The zero-order valence-corrected chi connectivity index (χ0v) is 19.7. The minimum Gasteiger partial charge on any atom is -0.463 e. The van der Waals surface area contributed by atoms with Crippen LogP contribution in [0.3, 0.4) is 0 Å². The highest BCUT2D eigenvalue weighted by Crippen LogP contribution is 2.33. The summed E-state index contributed by atoms with van der Waals surface area (Å²) in [6, 6.07) is 0. The largest absolute Gasteiger partial charge is 0.463 e. The van der Waals surface area contributed by atoms with Crippen LogP contribution in [-0.2, 0) is 33.3 Å². The third-order valence-corrected chi connectivity index (χ3v) is 5.03. The van der Waals surface area contributed by atoms with Crippen molar-refractivity contribution < 1.29 is 33.3 Å². The molecule has 0 unspecified atom stereocenters. The van der Waals surface area contributed by atoms with Crippen LogP contribution in [0.25, 0.3) is 0 Å². The Hall–Kier alpha value is -3.17. The van der Waals surface area contributed by atoms with Gasteiger partial charge in [-0.05, 0) is 0 Å². The van der Waals surface area contributed by atoms with Gasteiger partial charge in [0, 0.05) is 27.0 Å². The summed E-state index contributed by atoms with van der Waals surface area (Å²) in [4.78, 5) is 61.6. The number of nitrogens with zero attached hydrogens (tertiary/aromatic N) is 1. The number of nitrogens with one attached hydrogen (secondary N) is 1. The molecule has 11 nitrogen and oxygen atoms in total. The number of aromatic nitrogens is 2. The van der Waals surface area contributed by atoms with Crippen LogP contribution in [0.1, 0.15) is 32.6 Å².